The quantitative estimate of drug-likeness (QED) is 0.600. The van der Waals surface area contributed by atoms with Gasteiger partial charge in [0.15, 0.2) is 0 Å². The van der Waals surface area contributed by atoms with E-state index in [0.717, 1.165) is 18.5 Å². The van der Waals surface area contributed by atoms with E-state index in [4.69, 9.17) is 0 Å². The molecule has 0 saturated carbocycles. The van der Waals surface area contributed by atoms with Crippen molar-refractivity contribution >= 4 is 0 Å². The van der Waals surface area contributed by atoms with Crippen LogP contribution in [-0.4, -0.2) is 14.9 Å². The normalized spacial score (nSPS) is 12.8. The summed E-state index contributed by atoms with van der Waals surface area (Å²) in [5.74, 6) is 0. The Hall–Kier alpha value is -0.830. The predicted octanol–water partition coefficient (Wildman–Crippen LogP) is 4.47. The zero-order valence-electron chi connectivity index (χ0n) is 12.6. The van der Waals surface area contributed by atoms with Crippen LogP contribution >= 0.6 is 0 Å². The van der Waals surface area contributed by atoms with Crippen molar-refractivity contribution in [3.63, 3.8) is 0 Å². The van der Waals surface area contributed by atoms with Crippen molar-refractivity contribution in [2.75, 3.05) is 0 Å². The highest BCUT2D eigenvalue weighted by atomic mass is 16.3. The number of aliphatic hydroxyl groups excluding tert-OH is 1. The minimum absolute atomic E-state index is 0.354. The monoisotopic (exact) mass is 266 g/mol. The first-order chi connectivity index (χ1) is 9.27. The molecule has 0 aliphatic carbocycles. The zero-order valence-corrected chi connectivity index (χ0v) is 12.6. The third-order valence-electron chi connectivity index (χ3n) is 3.67. The van der Waals surface area contributed by atoms with Gasteiger partial charge in [-0.1, -0.05) is 58.8 Å². The van der Waals surface area contributed by atoms with Crippen molar-refractivity contribution in [1.82, 2.24) is 9.78 Å². The summed E-state index contributed by atoms with van der Waals surface area (Å²) in [5, 5.41) is 14.0. The Balaban J connectivity index is 2.04. The second-order valence-electron chi connectivity index (χ2n) is 5.44. The second-order valence-corrected chi connectivity index (χ2v) is 5.44. The summed E-state index contributed by atoms with van der Waals surface area (Å²) in [4.78, 5) is 0. The first-order valence-electron chi connectivity index (χ1n) is 7.98. The number of aromatic nitrogens is 2. The molecule has 0 aromatic carbocycles. The molecule has 1 atom stereocenters. The van der Waals surface area contributed by atoms with Gasteiger partial charge in [-0.05, 0) is 12.8 Å². The molecule has 1 heterocycles. The van der Waals surface area contributed by atoms with Crippen LogP contribution in [-0.2, 0) is 6.54 Å². The number of unbranched alkanes of at least 4 members (excludes halogenated alkanes) is 7. The largest absolute Gasteiger partial charge is 0.388 e. The lowest BCUT2D eigenvalue weighted by Crippen LogP contribution is -1.98. The molecule has 1 aromatic heterocycles. The molecule has 0 aliphatic rings. The number of aliphatic hydroxyl groups is 1. The summed E-state index contributed by atoms with van der Waals surface area (Å²) in [6, 6.07) is 0. The average molecular weight is 266 g/mol. The highest BCUT2D eigenvalue weighted by Crippen LogP contribution is 2.15. The van der Waals surface area contributed by atoms with E-state index in [9.17, 15) is 5.11 Å². The Kier molecular flexibility index (Phi) is 8.55. The number of rotatable bonds is 11. The summed E-state index contributed by atoms with van der Waals surface area (Å²) in [5.41, 5.74) is 0.946. The van der Waals surface area contributed by atoms with Crippen molar-refractivity contribution in [1.29, 1.82) is 0 Å². The van der Waals surface area contributed by atoms with E-state index in [1.165, 1.54) is 51.4 Å². The van der Waals surface area contributed by atoms with Gasteiger partial charge in [-0.25, -0.2) is 0 Å². The van der Waals surface area contributed by atoms with Gasteiger partial charge < -0.3 is 5.11 Å². The summed E-state index contributed by atoms with van der Waals surface area (Å²) in [7, 11) is 0. The van der Waals surface area contributed by atoms with Crippen molar-refractivity contribution < 1.29 is 5.11 Å². The summed E-state index contributed by atoms with van der Waals surface area (Å²) >= 11 is 0. The van der Waals surface area contributed by atoms with E-state index >= 15 is 0 Å². The smallest absolute Gasteiger partial charge is 0.0817 e. The average Bonchev–Trinajstić information content (AvgIpc) is 2.89. The Morgan fingerprint density at radius 3 is 2.32 bits per heavy atom. The third-order valence-corrected chi connectivity index (χ3v) is 3.67. The van der Waals surface area contributed by atoms with E-state index < -0.39 is 0 Å². The minimum Gasteiger partial charge on any atom is -0.388 e. The Morgan fingerprint density at radius 1 is 1.05 bits per heavy atom. The van der Waals surface area contributed by atoms with Crippen molar-refractivity contribution in [2.24, 2.45) is 0 Å². The molecule has 0 radical (unpaired) electrons. The third kappa shape index (κ3) is 6.76. The molecule has 0 amide bonds. The molecule has 19 heavy (non-hydrogen) atoms. The van der Waals surface area contributed by atoms with Gasteiger partial charge in [0, 0.05) is 18.3 Å². The molecule has 1 rings (SSSR count). The molecular formula is C16H30N2O. The van der Waals surface area contributed by atoms with Gasteiger partial charge in [0.1, 0.15) is 0 Å². The Morgan fingerprint density at radius 2 is 1.68 bits per heavy atom. The van der Waals surface area contributed by atoms with Gasteiger partial charge in [0.2, 0.25) is 0 Å². The fourth-order valence-electron chi connectivity index (χ4n) is 2.32. The summed E-state index contributed by atoms with van der Waals surface area (Å²) in [6.45, 7) is 5.22. The van der Waals surface area contributed by atoms with E-state index in [2.05, 4.69) is 12.0 Å². The van der Waals surface area contributed by atoms with Crippen molar-refractivity contribution in [3.8, 4) is 0 Å². The number of aryl methyl sites for hydroxylation is 1. The first-order valence-corrected chi connectivity index (χ1v) is 7.98. The highest BCUT2D eigenvalue weighted by Gasteiger charge is 2.06. The SMILES string of the molecule is CCCCCCCCCCn1cc(C(O)CC)cn1. The minimum atomic E-state index is -0.354. The topological polar surface area (TPSA) is 38.0 Å². The number of nitrogens with zero attached hydrogens (tertiary/aromatic N) is 2. The maximum atomic E-state index is 9.70. The molecule has 1 unspecified atom stereocenters. The molecule has 110 valence electrons. The lowest BCUT2D eigenvalue weighted by atomic mass is 10.1. The molecule has 0 fully saturated rings. The molecule has 0 aliphatic heterocycles. The lowest BCUT2D eigenvalue weighted by Gasteiger charge is -2.04. The van der Waals surface area contributed by atoms with Crippen LogP contribution < -0.4 is 0 Å². The molecule has 0 saturated heterocycles. The van der Waals surface area contributed by atoms with E-state index in [-0.39, 0.29) is 6.10 Å². The van der Waals surface area contributed by atoms with Crippen LogP contribution in [0.1, 0.15) is 83.3 Å². The van der Waals surface area contributed by atoms with Gasteiger partial charge in [0.25, 0.3) is 0 Å². The molecule has 3 nitrogen and oxygen atoms in total. The van der Waals surface area contributed by atoms with Crippen LogP contribution in [0.4, 0.5) is 0 Å². The van der Waals surface area contributed by atoms with Crippen LogP contribution in [0, 0.1) is 0 Å². The standard InChI is InChI=1S/C16H30N2O/c1-3-5-6-7-8-9-10-11-12-18-14-15(13-17-18)16(19)4-2/h13-14,16,19H,3-12H2,1-2H3. The fourth-order valence-corrected chi connectivity index (χ4v) is 2.32. The first kappa shape index (κ1) is 16.2. The summed E-state index contributed by atoms with van der Waals surface area (Å²) in [6.07, 6.45) is 14.9. The predicted molar refractivity (Wildman–Crippen MR) is 80.1 cm³/mol. The molecule has 1 aromatic rings. The van der Waals surface area contributed by atoms with E-state index in [1.807, 2.05) is 17.8 Å². The second kappa shape index (κ2) is 10.0. The molecular weight excluding hydrogens is 236 g/mol. The number of hydrogen-bond donors (Lipinski definition) is 1. The molecule has 1 N–H and O–H groups in total. The van der Waals surface area contributed by atoms with Gasteiger partial charge in [-0.3, -0.25) is 4.68 Å². The van der Waals surface area contributed by atoms with Crippen LogP contribution in [0.25, 0.3) is 0 Å². The van der Waals surface area contributed by atoms with E-state index in [1.54, 1.807) is 6.20 Å². The van der Waals surface area contributed by atoms with Crippen molar-refractivity contribution in [2.45, 2.75) is 84.3 Å². The lowest BCUT2D eigenvalue weighted by molar-refractivity contribution is 0.173. The van der Waals surface area contributed by atoms with Crippen LogP contribution in [0.5, 0.6) is 0 Å². The molecule has 3 heteroatoms. The van der Waals surface area contributed by atoms with Gasteiger partial charge >= 0.3 is 0 Å². The van der Waals surface area contributed by atoms with Gasteiger partial charge in [0.05, 0.1) is 12.3 Å². The Bertz CT molecular complexity index is 322. The zero-order chi connectivity index (χ0) is 13.9. The van der Waals surface area contributed by atoms with Gasteiger partial charge in [-0.2, -0.15) is 5.10 Å². The van der Waals surface area contributed by atoms with Crippen LogP contribution in [0.15, 0.2) is 12.4 Å². The molecule has 0 spiro atoms. The van der Waals surface area contributed by atoms with Crippen LogP contribution in [0.3, 0.4) is 0 Å². The van der Waals surface area contributed by atoms with E-state index in [0.29, 0.717) is 0 Å². The van der Waals surface area contributed by atoms with Crippen LogP contribution in [0.2, 0.25) is 0 Å². The molecule has 0 bridgehead atoms. The fraction of sp³-hybridized carbons (Fsp3) is 0.812. The summed E-state index contributed by atoms with van der Waals surface area (Å²) < 4.78 is 1.96. The highest BCUT2D eigenvalue weighted by molar-refractivity contribution is 5.07. The maximum Gasteiger partial charge on any atom is 0.0817 e. The van der Waals surface area contributed by atoms with Crippen molar-refractivity contribution in [3.05, 3.63) is 18.0 Å². The Labute approximate surface area is 118 Å². The van der Waals surface area contributed by atoms with Gasteiger partial charge in [-0.15, -0.1) is 0 Å². The maximum absolute atomic E-state index is 9.70. The number of hydrogen-bond acceptors (Lipinski definition) is 2.